The van der Waals surface area contributed by atoms with Crippen molar-refractivity contribution in [1.82, 2.24) is 0 Å². The molecule has 1 aliphatic heterocycles. The summed E-state index contributed by atoms with van der Waals surface area (Å²) in [4.78, 5) is 14.3. The molecule has 2 N–H and O–H groups in total. The van der Waals surface area contributed by atoms with Crippen molar-refractivity contribution >= 4 is 35.8 Å². The number of halogens is 1. The minimum atomic E-state index is -0.404. The lowest BCUT2D eigenvalue weighted by Gasteiger charge is -2.28. The highest BCUT2D eigenvalue weighted by Gasteiger charge is 2.24. The van der Waals surface area contributed by atoms with Gasteiger partial charge >= 0.3 is 0 Å². The smallest absolute Gasteiger partial charge is 0.248 e. The van der Waals surface area contributed by atoms with Gasteiger partial charge in [-0.25, -0.2) is 0 Å². The van der Waals surface area contributed by atoms with Gasteiger partial charge in [0.15, 0.2) is 0 Å². The number of hydrogen-bond donors (Lipinski definition) is 2. The van der Waals surface area contributed by atoms with E-state index in [1.54, 1.807) is 6.07 Å². The first kappa shape index (κ1) is 29.4. The number of primary amides is 1. The first-order chi connectivity index (χ1) is 17.9. The summed E-state index contributed by atoms with van der Waals surface area (Å²) in [6.45, 7) is 6.95. The molecule has 0 aliphatic carbocycles. The summed E-state index contributed by atoms with van der Waals surface area (Å²) in [5.74, 6) is 2.41. The lowest BCUT2D eigenvalue weighted by atomic mass is 9.96. The molecular weight excluding hydrogens is 500 g/mol. The molecule has 0 bridgehead atoms. The third kappa shape index (κ3) is 9.30. The van der Waals surface area contributed by atoms with Crippen molar-refractivity contribution in [3.05, 3.63) is 70.3 Å². The minimum Gasteiger partial charge on any atom is -0.491 e. The monoisotopic (exact) mass is 542 g/mol. The Balaban J connectivity index is 1.67. The van der Waals surface area contributed by atoms with E-state index >= 15 is 0 Å². The maximum Gasteiger partial charge on any atom is 0.248 e. The third-order valence-corrected chi connectivity index (χ3v) is 8.01. The summed E-state index contributed by atoms with van der Waals surface area (Å²) >= 11 is 10.5. The standard InChI is InChI=1S/C31H43ClN2O2S/c1-3-24(9-6-4-5-7-18-37)16-17-34-21-25(10-8-11-26-19-28(32)14-12-23(26)2)22-36-30-15-13-27(31(33)35)20-29(30)34/h4,6,12-15,19-20,24-25,37H,3,5,7-11,16-18,21-22H2,1-2H3,(H2,33,35)/b6-4+/t24-,25?/m0/s1. The number of nitrogens with zero attached hydrogens (tertiary/aromatic N) is 1. The maximum atomic E-state index is 11.9. The van der Waals surface area contributed by atoms with Gasteiger partial charge in [0.1, 0.15) is 5.75 Å². The van der Waals surface area contributed by atoms with Crippen LogP contribution in [0.4, 0.5) is 5.69 Å². The average molecular weight is 543 g/mol. The summed E-state index contributed by atoms with van der Waals surface area (Å²) in [6, 6.07) is 11.7. The summed E-state index contributed by atoms with van der Waals surface area (Å²) in [7, 11) is 0. The number of aryl methyl sites for hydroxylation is 2. The van der Waals surface area contributed by atoms with Crippen LogP contribution in [-0.2, 0) is 6.42 Å². The van der Waals surface area contributed by atoms with Crippen LogP contribution in [-0.4, -0.2) is 31.4 Å². The molecule has 2 aromatic rings. The number of anilines is 1. The first-order valence-electron chi connectivity index (χ1n) is 13.7. The van der Waals surface area contributed by atoms with Crippen LogP contribution in [0.2, 0.25) is 5.02 Å². The van der Waals surface area contributed by atoms with Crippen LogP contribution in [0.15, 0.2) is 48.6 Å². The van der Waals surface area contributed by atoms with Crippen molar-refractivity contribution in [3.8, 4) is 5.75 Å². The largest absolute Gasteiger partial charge is 0.491 e. The Hall–Kier alpha value is -2.11. The van der Waals surface area contributed by atoms with Crippen LogP contribution in [0.25, 0.3) is 0 Å². The number of allylic oxidation sites excluding steroid dienone is 2. The minimum absolute atomic E-state index is 0.404. The number of benzene rings is 2. The highest BCUT2D eigenvalue weighted by atomic mass is 35.5. The van der Waals surface area contributed by atoms with Crippen LogP contribution < -0.4 is 15.4 Å². The van der Waals surface area contributed by atoms with Crippen LogP contribution >= 0.6 is 24.2 Å². The van der Waals surface area contributed by atoms with Crippen LogP contribution in [0.5, 0.6) is 5.75 Å². The number of thiol groups is 1. The van der Waals surface area contributed by atoms with Crippen molar-refractivity contribution in [1.29, 1.82) is 0 Å². The van der Waals surface area contributed by atoms with Crippen molar-refractivity contribution in [3.63, 3.8) is 0 Å². The van der Waals surface area contributed by atoms with E-state index < -0.39 is 5.91 Å². The van der Waals surface area contributed by atoms with Crippen LogP contribution in [0, 0.1) is 18.8 Å². The quantitative estimate of drug-likeness (QED) is 0.146. The van der Waals surface area contributed by atoms with E-state index in [0.717, 1.165) is 86.7 Å². The maximum absolute atomic E-state index is 11.9. The van der Waals surface area contributed by atoms with Gasteiger partial charge in [0.05, 0.1) is 12.3 Å². The topological polar surface area (TPSA) is 55.6 Å². The zero-order valence-corrected chi connectivity index (χ0v) is 24.1. The summed E-state index contributed by atoms with van der Waals surface area (Å²) < 4.78 is 6.27. The molecule has 2 aromatic carbocycles. The van der Waals surface area contributed by atoms with E-state index in [1.165, 1.54) is 11.1 Å². The second-order valence-electron chi connectivity index (χ2n) is 10.3. The number of ether oxygens (including phenoxy) is 1. The molecule has 4 nitrogen and oxygen atoms in total. The Bertz CT molecular complexity index is 1040. The van der Waals surface area contributed by atoms with Gasteiger partial charge in [-0.05, 0) is 105 Å². The van der Waals surface area contributed by atoms with Gasteiger partial charge in [0, 0.05) is 29.6 Å². The molecule has 202 valence electrons. The molecule has 0 aromatic heterocycles. The molecule has 0 saturated carbocycles. The number of carbonyl (C=O) groups is 1. The lowest BCUT2D eigenvalue weighted by molar-refractivity contribution is 0.100. The molecular formula is C31H43ClN2O2S. The number of nitrogens with two attached hydrogens (primary N) is 1. The van der Waals surface area contributed by atoms with Crippen molar-refractivity contribution in [2.75, 3.05) is 30.3 Å². The number of carbonyl (C=O) groups excluding carboxylic acids is 1. The summed E-state index contributed by atoms with van der Waals surface area (Å²) in [5.41, 5.74) is 9.75. The van der Waals surface area contributed by atoms with Gasteiger partial charge in [-0.15, -0.1) is 0 Å². The Labute approximate surface area is 234 Å². The number of hydrogen-bond acceptors (Lipinski definition) is 4. The van der Waals surface area contributed by atoms with E-state index in [1.807, 2.05) is 18.2 Å². The van der Waals surface area contributed by atoms with Gasteiger partial charge in [0.2, 0.25) is 5.91 Å². The van der Waals surface area contributed by atoms with Crippen LogP contribution in [0.3, 0.4) is 0 Å². The number of fused-ring (bicyclic) bond motifs is 1. The second-order valence-corrected chi connectivity index (χ2v) is 11.2. The molecule has 0 spiro atoms. The highest BCUT2D eigenvalue weighted by Crippen LogP contribution is 2.35. The Kier molecular flexibility index (Phi) is 12.2. The molecule has 0 radical (unpaired) electrons. The van der Waals surface area contributed by atoms with Gasteiger partial charge in [-0.1, -0.05) is 43.2 Å². The number of amides is 1. The lowest BCUT2D eigenvalue weighted by Crippen LogP contribution is -2.32. The predicted molar refractivity (Wildman–Crippen MR) is 161 cm³/mol. The molecule has 0 fully saturated rings. The molecule has 6 heteroatoms. The molecule has 37 heavy (non-hydrogen) atoms. The molecule has 2 atom stereocenters. The van der Waals surface area contributed by atoms with Gasteiger partial charge in [-0.3, -0.25) is 4.79 Å². The van der Waals surface area contributed by atoms with Gasteiger partial charge in [-0.2, -0.15) is 12.6 Å². The predicted octanol–water partition coefficient (Wildman–Crippen LogP) is 7.66. The Morgan fingerprint density at radius 3 is 2.84 bits per heavy atom. The van der Waals surface area contributed by atoms with E-state index in [-0.39, 0.29) is 0 Å². The number of unbranched alkanes of at least 4 members (excludes halogenated alkanes) is 1. The Morgan fingerprint density at radius 2 is 2.08 bits per heavy atom. The fourth-order valence-corrected chi connectivity index (χ4v) is 5.41. The fraction of sp³-hybridized carbons (Fsp3) is 0.516. The SMILES string of the molecule is CC[C@@H](C/C=C/CCCS)CCN1CC(CCCc2cc(Cl)ccc2C)COc2ccc(C(N)=O)cc21. The zero-order valence-electron chi connectivity index (χ0n) is 22.4. The molecule has 0 saturated heterocycles. The summed E-state index contributed by atoms with van der Waals surface area (Å²) in [5, 5.41) is 0.798. The molecule has 1 aliphatic rings. The third-order valence-electron chi connectivity index (χ3n) is 7.46. The first-order valence-corrected chi connectivity index (χ1v) is 14.7. The van der Waals surface area contributed by atoms with E-state index in [4.69, 9.17) is 22.1 Å². The van der Waals surface area contributed by atoms with E-state index in [9.17, 15) is 4.79 Å². The van der Waals surface area contributed by atoms with Crippen molar-refractivity contribution < 1.29 is 9.53 Å². The van der Waals surface area contributed by atoms with Crippen molar-refractivity contribution in [2.24, 2.45) is 17.6 Å². The zero-order chi connectivity index (χ0) is 26.6. The fourth-order valence-electron chi connectivity index (χ4n) is 5.03. The molecule has 1 amide bonds. The highest BCUT2D eigenvalue weighted by molar-refractivity contribution is 7.80. The van der Waals surface area contributed by atoms with Crippen LogP contribution in [0.1, 0.15) is 73.4 Å². The van der Waals surface area contributed by atoms with E-state index in [0.29, 0.717) is 24.0 Å². The Morgan fingerprint density at radius 1 is 1.24 bits per heavy atom. The van der Waals surface area contributed by atoms with Gasteiger partial charge in [0.25, 0.3) is 0 Å². The van der Waals surface area contributed by atoms with Gasteiger partial charge < -0.3 is 15.4 Å². The average Bonchev–Trinajstić information content (AvgIpc) is 3.06. The second kappa shape index (κ2) is 15.3. The number of rotatable bonds is 14. The van der Waals surface area contributed by atoms with E-state index in [2.05, 4.69) is 55.7 Å². The molecule has 1 unspecified atom stereocenters. The molecule has 3 rings (SSSR count). The normalized spacial score (nSPS) is 16.3. The van der Waals surface area contributed by atoms with Crippen molar-refractivity contribution in [2.45, 2.75) is 65.2 Å². The molecule has 1 heterocycles. The summed E-state index contributed by atoms with van der Waals surface area (Å²) in [6.07, 6.45) is 13.4.